The van der Waals surface area contributed by atoms with Gasteiger partial charge in [0.2, 0.25) is 5.91 Å². The number of nitrogens with one attached hydrogen (secondary N) is 1. The summed E-state index contributed by atoms with van der Waals surface area (Å²) in [7, 11) is 1.67. The lowest BCUT2D eigenvalue weighted by molar-refractivity contribution is -0.123. The Bertz CT molecular complexity index is 854. The van der Waals surface area contributed by atoms with Gasteiger partial charge in [-0.3, -0.25) is 9.59 Å². The molecule has 0 aromatic heterocycles. The third kappa shape index (κ3) is 9.16. The van der Waals surface area contributed by atoms with Crippen LogP contribution in [-0.2, 0) is 27.2 Å². The summed E-state index contributed by atoms with van der Waals surface area (Å²) in [4.78, 5) is 25.1. The fourth-order valence-electron chi connectivity index (χ4n) is 5.08. The summed E-state index contributed by atoms with van der Waals surface area (Å²) in [5.74, 6) is 0.850. The van der Waals surface area contributed by atoms with Crippen LogP contribution in [0.25, 0.3) is 0 Å². The zero-order valence-electron chi connectivity index (χ0n) is 23.1. The SMILES string of the molecule is COCCCOc1cc2c(cc1NC(=O)CC(CC(N)[C@@H](O)CC(C(C)=O)C(C)C)C(C)C)CCC2. The van der Waals surface area contributed by atoms with E-state index in [1.54, 1.807) is 14.0 Å². The molecule has 36 heavy (non-hydrogen) atoms. The molecular weight excluding hydrogens is 456 g/mol. The van der Waals surface area contributed by atoms with Crippen LogP contribution < -0.4 is 15.8 Å². The lowest BCUT2D eigenvalue weighted by Gasteiger charge is -2.29. The van der Waals surface area contributed by atoms with Gasteiger partial charge in [-0.05, 0) is 80.0 Å². The topological polar surface area (TPSA) is 111 Å². The summed E-state index contributed by atoms with van der Waals surface area (Å²) in [5, 5.41) is 13.8. The molecule has 0 spiro atoms. The first-order valence-electron chi connectivity index (χ1n) is 13.5. The van der Waals surface area contributed by atoms with Crippen molar-refractivity contribution in [2.45, 2.75) is 91.7 Å². The Morgan fingerprint density at radius 3 is 2.31 bits per heavy atom. The molecule has 0 bridgehead atoms. The van der Waals surface area contributed by atoms with Crippen molar-refractivity contribution >= 4 is 17.4 Å². The molecule has 2 rings (SSSR count). The lowest BCUT2D eigenvalue weighted by Crippen LogP contribution is -2.40. The highest BCUT2D eigenvalue weighted by atomic mass is 16.5. The molecule has 0 aliphatic heterocycles. The van der Waals surface area contributed by atoms with Gasteiger partial charge in [0.15, 0.2) is 0 Å². The predicted molar refractivity (Wildman–Crippen MR) is 144 cm³/mol. The molecule has 1 amide bonds. The molecule has 0 saturated heterocycles. The number of nitrogens with two attached hydrogens (primary N) is 1. The largest absolute Gasteiger partial charge is 0.491 e. The number of amides is 1. The van der Waals surface area contributed by atoms with Crippen molar-refractivity contribution in [1.29, 1.82) is 0 Å². The highest BCUT2D eigenvalue weighted by molar-refractivity contribution is 5.92. The zero-order chi connectivity index (χ0) is 26.8. The minimum Gasteiger partial charge on any atom is -0.491 e. The number of methoxy groups -OCH3 is 1. The molecule has 204 valence electrons. The van der Waals surface area contributed by atoms with Crippen molar-refractivity contribution in [3.05, 3.63) is 23.3 Å². The smallest absolute Gasteiger partial charge is 0.224 e. The number of aryl methyl sites for hydroxylation is 2. The fraction of sp³-hybridized carbons (Fsp3) is 0.724. The van der Waals surface area contributed by atoms with E-state index in [1.807, 2.05) is 13.8 Å². The number of carbonyl (C=O) groups is 2. The van der Waals surface area contributed by atoms with E-state index in [2.05, 4.69) is 31.3 Å². The number of ether oxygens (including phenoxy) is 2. The van der Waals surface area contributed by atoms with Crippen molar-refractivity contribution in [3.63, 3.8) is 0 Å². The van der Waals surface area contributed by atoms with Crippen LogP contribution in [0.3, 0.4) is 0 Å². The van der Waals surface area contributed by atoms with Crippen LogP contribution in [-0.4, -0.2) is 49.3 Å². The molecule has 7 heteroatoms. The fourth-order valence-corrected chi connectivity index (χ4v) is 5.08. The van der Waals surface area contributed by atoms with E-state index in [1.165, 1.54) is 11.1 Å². The third-order valence-corrected chi connectivity index (χ3v) is 7.50. The number of Topliss-reactive ketones (excluding diaryl/α,β-unsaturated/α-hetero) is 1. The first-order valence-corrected chi connectivity index (χ1v) is 13.5. The first kappa shape index (κ1) is 30.3. The zero-order valence-corrected chi connectivity index (χ0v) is 23.1. The Kier molecular flexibility index (Phi) is 12.4. The number of hydrogen-bond acceptors (Lipinski definition) is 6. The van der Waals surface area contributed by atoms with Gasteiger partial charge in [-0.1, -0.05) is 27.7 Å². The average molecular weight is 505 g/mol. The van der Waals surface area contributed by atoms with Crippen LogP contribution in [0, 0.1) is 23.7 Å². The van der Waals surface area contributed by atoms with Crippen molar-refractivity contribution in [3.8, 4) is 5.75 Å². The van der Waals surface area contributed by atoms with Crippen LogP contribution in [0.15, 0.2) is 12.1 Å². The first-order chi connectivity index (χ1) is 17.0. The van der Waals surface area contributed by atoms with Crippen LogP contribution in [0.2, 0.25) is 0 Å². The van der Waals surface area contributed by atoms with Gasteiger partial charge in [-0.15, -0.1) is 0 Å². The number of aliphatic hydroxyl groups excluding tert-OH is 1. The molecule has 0 fully saturated rings. The molecule has 4 N–H and O–H groups in total. The van der Waals surface area contributed by atoms with Crippen molar-refractivity contribution in [2.24, 2.45) is 29.4 Å². The van der Waals surface area contributed by atoms with E-state index in [0.29, 0.717) is 43.9 Å². The van der Waals surface area contributed by atoms with Crippen molar-refractivity contribution < 1.29 is 24.2 Å². The molecule has 1 aliphatic rings. The monoisotopic (exact) mass is 504 g/mol. The Balaban J connectivity index is 2.04. The van der Waals surface area contributed by atoms with Gasteiger partial charge >= 0.3 is 0 Å². The summed E-state index contributed by atoms with van der Waals surface area (Å²) in [6.45, 7) is 10.8. The molecule has 7 nitrogen and oxygen atoms in total. The van der Waals surface area contributed by atoms with E-state index >= 15 is 0 Å². The maximum atomic E-state index is 13.1. The minimum atomic E-state index is -0.783. The number of carbonyl (C=O) groups excluding carboxylic acids is 2. The summed E-state index contributed by atoms with van der Waals surface area (Å²) < 4.78 is 11.1. The second-order valence-corrected chi connectivity index (χ2v) is 11.1. The number of anilines is 1. The van der Waals surface area contributed by atoms with Crippen molar-refractivity contribution in [2.75, 3.05) is 25.6 Å². The maximum Gasteiger partial charge on any atom is 0.224 e. The van der Waals surface area contributed by atoms with Gasteiger partial charge in [0.05, 0.1) is 18.4 Å². The Hall–Kier alpha value is -1.96. The number of aliphatic hydroxyl groups is 1. The predicted octanol–water partition coefficient (Wildman–Crippen LogP) is 4.52. The van der Waals surface area contributed by atoms with Crippen LogP contribution in [0.1, 0.15) is 77.8 Å². The van der Waals surface area contributed by atoms with Gasteiger partial charge in [-0.2, -0.15) is 0 Å². The number of rotatable bonds is 16. The quantitative estimate of drug-likeness (QED) is 0.286. The molecule has 0 radical (unpaired) electrons. The van der Waals surface area contributed by atoms with Gasteiger partial charge in [0.1, 0.15) is 11.5 Å². The highest BCUT2D eigenvalue weighted by Crippen LogP contribution is 2.34. The second-order valence-electron chi connectivity index (χ2n) is 11.1. The lowest BCUT2D eigenvalue weighted by atomic mass is 9.81. The summed E-state index contributed by atoms with van der Waals surface area (Å²) in [5.41, 5.74) is 9.65. The van der Waals surface area contributed by atoms with Crippen LogP contribution in [0.5, 0.6) is 5.75 Å². The van der Waals surface area contributed by atoms with Gasteiger partial charge in [-0.25, -0.2) is 0 Å². The molecule has 4 atom stereocenters. The number of fused-ring (bicyclic) bond motifs is 1. The summed E-state index contributed by atoms with van der Waals surface area (Å²) in [6.07, 6.45) is 4.33. The van der Waals surface area contributed by atoms with Gasteiger partial charge in [0, 0.05) is 38.5 Å². The minimum absolute atomic E-state index is 0.00461. The normalized spacial score (nSPS) is 16.5. The summed E-state index contributed by atoms with van der Waals surface area (Å²) >= 11 is 0. The Morgan fingerprint density at radius 1 is 1.06 bits per heavy atom. The molecule has 3 unspecified atom stereocenters. The number of hydrogen-bond donors (Lipinski definition) is 3. The van der Waals surface area contributed by atoms with E-state index in [9.17, 15) is 14.7 Å². The van der Waals surface area contributed by atoms with Crippen LogP contribution >= 0.6 is 0 Å². The summed E-state index contributed by atoms with van der Waals surface area (Å²) in [6, 6.07) is 3.63. The molecule has 1 aromatic rings. The van der Waals surface area contributed by atoms with Crippen LogP contribution in [0.4, 0.5) is 5.69 Å². The molecule has 1 aliphatic carbocycles. The van der Waals surface area contributed by atoms with Gasteiger partial charge < -0.3 is 25.6 Å². The number of ketones is 1. The Morgan fingerprint density at radius 2 is 1.72 bits per heavy atom. The average Bonchev–Trinajstić information content (AvgIpc) is 3.26. The van der Waals surface area contributed by atoms with Gasteiger partial charge in [0.25, 0.3) is 0 Å². The Labute approximate surface area is 217 Å². The second kappa shape index (κ2) is 14.7. The standard InChI is InChI=1S/C29H48N2O5/c1-18(2)23(13-25(30)27(33)17-24(19(3)4)20(5)32)16-29(34)31-26-14-21-9-7-10-22(21)15-28(26)36-12-8-11-35-6/h14-15,18-19,23-25,27,33H,7-13,16-17,30H2,1-6H3,(H,31,34)/t23?,24?,25?,27-/m0/s1. The van der Waals surface area contributed by atoms with E-state index in [4.69, 9.17) is 15.2 Å². The van der Waals surface area contributed by atoms with E-state index in [-0.39, 0.29) is 35.4 Å². The van der Waals surface area contributed by atoms with E-state index in [0.717, 1.165) is 25.7 Å². The molecular formula is C29H48N2O5. The maximum absolute atomic E-state index is 13.1. The molecule has 0 heterocycles. The van der Waals surface area contributed by atoms with Crippen molar-refractivity contribution in [1.82, 2.24) is 0 Å². The highest BCUT2D eigenvalue weighted by Gasteiger charge is 2.29. The van der Waals surface area contributed by atoms with E-state index < -0.39 is 12.1 Å². The third-order valence-electron chi connectivity index (χ3n) is 7.50. The molecule has 1 aromatic carbocycles. The number of benzene rings is 1. The molecule has 0 saturated carbocycles.